The van der Waals surface area contributed by atoms with Gasteiger partial charge in [-0.2, -0.15) is 0 Å². The quantitative estimate of drug-likeness (QED) is 0.409. The third-order valence-electron chi connectivity index (χ3n) is 13.5. The van der Waals surface area contributed by atoms with Crippen molar-refractivity contribution in [3.05, 3.63) is 11.6 Å². The lowest BCUT2D eigenvalue weighted by molar-refractivity contribution is -0.244. The molecule has 4 saturated carbocycles. The van der Waals surface area contributed by atoms with Gasteiger partial charge >= 0.3 is 5.97 Å². The number of carboxylic acids is 1. The number of rotatable bonds is 2. The van der Waals surface area contributed by atoms with E-state index in [1.807, 2.05) is 6.92 Å². The Kier molecular flexibility index (Phi) is 5.73. The second kappa shape index (κ2) is 7.80. The Morgan fingerprint density at radius 2 is 1.69 bits per heavy atom. The van der Waals surface area contributed by atoms with E-state index >= 15 is 0 Å². The molecule has 0 saturated heterocycles. The van der Waals surface area contributed by atoms with Crippen LogP contribution in [0, 0.1) is 56.7 Å². The third-order valence-corrected chi connectivity index (χ3v) is 13.5. The van der Waals surface area contributed by atoms with Gasteiger partial charge < -0.3 is 20.4 Å². The second-order valence-corrected chi connectivity index (χ2v) is 14.5. The molecule has 0 heterocycles. The van der Waals surface area contributed by atoms with Crippen molar-refractivity contribution >= 4 is 5.97 Å². The molecule has 5 heteroatoms. The molecule has 5 rings (SSSR count). The lowest BCUT2D eigenvalue weighted by Gasteiger charge is -2.71. The van der Waals surface area contributed by atoms with Gasteiger partial charge in [0.2, 0.25) is 0 Å². The monoisotopic (exact) mass is 488 g/mol. The van der Waals surface area contributed by atoms with Gasteiger partial charge in [-0.3, -0.25) is 4.79 Å². The van der Waals surface area contributed by atoms with Gasteiger partial charge in [0, 0.05) is 5.41 Å². The molecule has 0 bridgehead atoms. The highest BCUT2D eigenvalue weighted by atomic mass is 16.4. The van der Waals surface area contributed by atoms with E-state index in [9.17, 15) is 25.2 Å². The lowest BCUT2D eigenvalue weighted by atomic mass is 9.33. The maximum atomic E-state index is 12.8. The van der Waals surface area contributed by atoms with Crippen LogP contribution in [-0.4, -0.2) is 45.2 Å². The second-order valence-electron chi connectivity index (χ2n) is 14.5. The SMILES string of the molecule is CC1CC[C@]2(C(=O)O)CC[C@]3(C)C(=CC[C@@H]4[C@@]5(C)CC(O)C(O)[C@@](C)(CO)[C@@H]5CC[C@]43C)[C@@H]2C1C. The molecule has 0 aliphatic heterocycles. The fourth-order valence-electron chi connectivity index (χ4n) is 11.0. The Bertz CT molecular complexity index is 930. The van der Waals surface area contributed by atoms with Crippen LogP contribution in [0.25, 0.3) is 0 Å². The van der Waals surface area contributed by atoms with E-state index in [-0.39, 0.29) is 34.7 Å². The average Bonchev–Trinajstić information content (AvgIpc) is 2.80. The summed E-state index contributed by atoms with van der Waals surface area (Å²) in [6.45, 7) is 13.6. The molecule has 0 spiro atoms. The van der Waals surface area contributed by atoms with Crippen molar-refractivity contribution in [2.75, 3.05) is 6.61 Å². The summed E-state index contributed by atoms with van der Waals surface area (Å²) in [6.07, 6.45) is 7.51. The van der Waals surface area contributed by atoms with Gasteiger partial charge in [-0.05, 0) is 97.2 Å². The highest BCUT2D eigenvalue weighted by Gasteiger charge is 2.70. The van der Waals surface area contributed by atoms with Crippen molar-refractivity contribution in [3.63, 3.8) is 0 Å². The standard InChI is InChI=1S/C30H48O5/c1-17-9-12-30(25(34)35)14-13-28(5)19(23(30)18(17)2)7-8-22-26(3)15-20(32)24(33)27(4,16-31)21(26)10-11-29(22,28)6/h7,17-18,20-24,31-33H,8-16H2,1-6H3,(H,34,35)/t17?,18?,20?,21-,22-,23+,24?,26+,27+,28-,29-,30+/m1/s1. The van der Waals surface area contributed by atoms with Crippen LogP contribution in [0.1, 0.15) is 92.9 Å². The molecule has 0 aromatic rings. The smallest absolute Gasteiger partial charge is 0.310 e. The fraction of sp³-hybridized carbons (Fsp3) is 0.900. The Morgan fingerprint density at radius 1 is 1.00 bits per heavy atom. The predicted molar refractivity (Wildman–Crippen MR) is 135 cm³/mol. The molecule has 0 aromatic carbocycles. The zero-order chi connectivity index (χ0) is 25.8. The van der Waals surface area contributed by atoms with E-state index in [1.165, 1.54) is 5.57 Å². The summed E-state index contributed by atoms with van der Waals surface area (Å²) in [5, 5.41) is 42.9. The van der Waals surface area contributed by atoms with E-state index in [1.54, 1.807) is 0 Å². The van der Waals surface area contributed by atoms with E-state index in [0.717, 1.165) is 44.9 Å². The summed E-state index contributed by atoms with van der Waals surface area (Å²) >= 11 is 0. The van der Waals surface area contributed by atoms with E-state index in [0.29, 0.717) is 24.2 Å². The van der Waals surface area contributed by atoms with Crippen molar-refractivity contribution < 1.29 is 25.2 Å². The number of carbonyl (C=O) groups is 1. The summed E-state index contributed by atoms with van der Waals surface area (Å²) in [5.74, 6) is 0.828. The Balaban J connectivity index is 1.62. The number of fused-ring (bicyclic) bond motifs is 7. The summed E-state index contributed by atoms with van der Waals surface area (Å²) in [5.41, 5.74) is -0.214. The molecule has 4 unspecified atom stereocenters. The Labute approximate surface area is 211 Å². The zero-order valence-corrected chi connectivity index (χ0v) is 22.7. The van der Waals surface area contributed by atoms with Gasteiger partial charge in [-0.15, -0.1) is 0 Å². The molecule has 5 aliphatic carbocycles. The van der Waals surface area contributed by atoms with Crippen LogP contribution in [-0.2, 0) is 4.79 Å². The van der Waals surface area contributed by atoms with Crippen molar-refractivity contribution in [1.82, 2.24) is 0 Å². The summed E-state index contributed by atoms with van der Waals surface area (Å²) < 4.78 is 0. The van der Waals surface area contributed by atoms with Crippen molar-refractivity contribution in [1.29, 1.82) is 0 Å². The first-order chi connectivity index (χ1) is 16.2. The molecule has 0 radical (unpaired) electrons. The molecule has 5 aliphatic rings. The van der Waals surface area contributed by atoms with Crippen molar-refractivity contribution in [2.45, 2.75) is 105 Å². The largest absolute Gasteiger partial charge is 0.481 e. The van der Waals surface area contributed by atoms with E-state index < -0.39 is 29.0 Å². The summed E-state index contributed by atoms with van der Waals surface area (Å²) in [4.78, 5) is 12.8. The minimum absolute atomic E-state index is 0.00815. The van der Waals surface area contributed by atoms with Gasteiger partial charge in [0.05, 0.1) is 24.2 Å². The van der Waals surface area contributed by atoms with Gasteiger partial charge in [-0.1, -0.05) is 53.2 Å². The highest BCUT2D eigenvalue weighted by molar-refractivity contribution is 5.76. The number of carboxylic acid groups (broad SMARTS) is 1. The van der Waals surface area contributed by atoms with Crippen LogP contribution in [0.3, 0.4) is 0 Å². The number of aliphatic hydroxyl groups excluding tert-OH is 3. The van der Waals surface area contributed by atoms with E-state index in [4.69, 9.17) is 0 Å². The molecule has 4 N–H and O–H groups in total. The highest BCUT2D eigenvalue weighted by Crippen LogP contribution is 2.75. The van der Waals surface area contributed by atoms with Crippen molar-refractivity contribution in [3.8, 4) is 0 Å². The van der Waals surface area contributed by atoms with Gasteiger partial charge in [0.15, 0.2) is 0 Å². The number of allylic oxidation sites excluding steroid dienone is 2. The van der Waals surface area contributed by atoms with Gasteiger partial charge in [0.1, 0.15) is 0 Å². The number of aliphatic hydroxyl groups is 3. The molecule has 0 amide bonds. The van der Waals surface area contributed by atoms with Crippen LogP contribution < -0.4 is 0 Å². The van der Waals surface area contributed by atoms with Gasteiger partial charge in [0.25, 0.3) is 0 Å². The van der Waals surface area contributed by atoms with Crippen LogP contribution >= 0.6 is 0 Å². The molecule has 5 nitrogen and oxygen atoms in total. The number of hydrogen-bond acceptors (Lipinski definition) is 4. The van der Waals surface area contributed by atoms with Crippen molar-refractivity contribution in [2.24, 2.45) is 56.7 Å². The van der Waals surface area contributed by atoms with Crippen LogP contribution in [0.4, 0.5) is 0 Å². The third kappa shape index (κ3) is 2.95. The first kappa shape index (κ1) is 25.7. The summed E-state index contributed by atoms with van der Waals surface area (Å²) in [6, 6.07) is 0. The molecule has 4 fully saturated rings. The number of hydrogen-bond donors (Lipinski definition) is 4. The maximum absolute atomic E-state index is 12.8. The zero-order valence-electron chi connectivity index (χ0n) is 22.7. The molecule has 35 heavy (non-hydrogen) atoms. The minimum Gasteiger partial charge on any atom is -0.481 e. The lowest BCUT2D eigenvalue weighted by Crippen LogP contribution is -2.68. The van der Waals surface area contributed by atoms with Crippen LogP contribution in [0.15, 0.2) is 11.6 Å². The maximum Gasteiger partial charge on any atom is 0.310 e. The molecule has 12 atom stereocenters. The molecular weight excluding hydrogens is 440 g/mol. The van der Waals surface area contributed by atoms with Crippen LogP contribution in [0.5, 0.6) is 0 Å². The minimum atomic E-state index is -0.907. The number of aliphatic carboxylic acids is 1. The first-order valence-electron chi connectivity index (χ1n) is 14.1. The summed E-state index contributed by atoms with van der Waals surface area (Å²) in [7, 11) is 0. The Hall–Kier alpha value is -0.910. The Morgan fingerprint density at radius 3 is 2.31 bits per heavy atom. The van der Waals surface area contributed by atoms with E-state index in [2.05, 4.69) is 40.7 Å². The molecule has 198 valence electrons. The molecule has 0 aromatic heterocycles. The molecular formula is C30H48O5. The first-order valence-corrected chi connectivity index (χ1v) is 14.1. The topological polar surface area (TPSA) is 98.0 Å². The average molecular weight is 489 g/mol. The predicted octanol–water partition coefficient (Wildman–Crippen LogP) is 5.03. The van der Waals surface area contributed by atoms with Crippen LogP contribution in [0.2, 0.25) is 0 Å². The normalized spacial score (nSPS) is 57.7. The fourth-order valence-corrected chi connectivity index (χ4v) is 11.0. The van der Waals surface area contributed by atoms with Gasteiger partial charge in [-0.25, -0.2) is 0 Å².